The molecule has 2 aromatic carbocycles. The highest BCUT2D eigenvalue weighted by Crippen LogP contribution is 2.18. The van der Waals surface area contributed by atoms with Gasteiger partial charge in [-0.3, -0.25) is 4.79 Å². The lowest BCUT2D eigenvalue weighted by Gasteiger charge is -2.16. The average Bonchev–Trinajstić information content (AvgIpc) is 2.50. The fourth-order valence-electron chi connectivity index (χ4n) is 1.80. The van der Waals surface area contributed by atoms with Crippen molar-refractivity contribution in [3.63, 3.8) is 0 Å². The number of carbonyl (C=O) groups excluding carboxylic acids is 1. The van der Waals surface area contributed by atoms with Gasteiger partial charge in [0.1, 0.15) is 5.75 Å². The van der Waals surface area contributed by atoms with E-state index < -0.39 is 6.10 Å². The van der Waals surface area contributed by atoms with Gasteiger partial charge in [0.05, 0.1) is 11.6 Å². The number of anilines is 1. The molecule has 21 heavy (non-hydrogen) atoms. The molecule has 4 nitrogen and oxygen atoms in total. The lowest BCUT2D eigenvalue weighted by atomic mass is 10.2. The van der Waals surface area contributed by atoms with Gasteiger partial charge >= 0.3 is 0 Å². The van der Waals surface area contributed by atoms with Gasteiger partial charge in [-0.15, -0.1) is 0 Å². The predicted octanol–water partition coefficient (Wildman–Crippen LogP) is 3.27. The van der Waals surface area contributed by atoms with Crippen LogP contribution >= 0.6 is 0 Å². The van der Waals surface area contributed by atoms with E-state index in [1.165, 1.54) is 0 Å². The van der Waals surface area contributed by atoms with Crippen molar-refractivity contribution in [1.82, 2.24) is 0 Å². The fourth-order valence-corrected chi connectivity index (χ4v) is 1.80. The van der Waals surface area contributed by atoms with E-state index in [-0.39, 0.29) is 5.91 Å². The molecule has 0 saturated carbocycles. The van der Waals surface area contributed by atoms with Crippen molar-refractivity contribution in [2.45, 2.75) is 20.0 Å². The normalized spacial score (nSPS) is 11.3. The highest BCUT2D eigenvalue weighted by atomic mass is 16.5. The number of nitrogens with zero attached hydrogens (tertiary/aromatic N) is 1. The van der Waals surface area contributed by atoms with Gasteiger partial charge in [-0.1, -0.05) is 18.2 Å². The summed E-state index contributed by atoms with van der Waals surface area (Å²) in [6.45, 7) is 3.63. The molecule has 0 aromatic heterocycles. The lowest BCUT2D eigenvalue weighted by Crippen LogP contribution is -2.30. The van der Waals surface area contributed by atoms with Crippen LogP contribution in [0.3, 0.4) is 0 Å². The second-order valence-electron chi connectivity index (χ2n) is 4.70. The third kappa shape index (κ3) is 3.83. The Morgan fingerprint density at radius 3 is 2.48 bits per heavy atom. The molecule has 2 rings (SSSR count). The first kappa shape index (κ1) is 14.6. The van der Waals surface area contributed by atoms with E-state index in [0.29, 0.717) is 17.0 Å². The maximum atomic E-state index is 12.1. The number of carbonyl (C=O) groups is 1. The van der Waals surface area contributed by atoms with Crippen molar-refractivity contribution in [2.75, 3.05) is 5.32 Å². The van der Waals surface area contributed by atoms with Crippen molar-refractivity contribution in [1.29, 1.82) is 5.26 Å². The van der Waals surface area contributed by atoms with Crippen LogP contribution in [0.4, 0.5) is 5.69 Å². The molecule has 0 heterocycles. The number of benzene rings is 2. The monoisotopic (exact) mass is 280 g/mol. The highest BCUT2D eigenvalue weighted by molar-refractivity contribution is 5.94. The minimum Gasteiger partial charge on any atom is -0.481 e. The number of nitrogens with one attached hydrogen (secondary N) is 1. The second-order valence-corrected chi connectivity index (χ2v) is 4.70. The van der Waals surface area contributed by atoms with Gasteiger partial charge in [0.15, 0.2) is 6.10 Å². The molecule has 4 heteroatoms. The van der Waals surface area contributed by atoms with E-state index in [1.54, 1.807) is 31.2 Å². The molecule has 0 saturated heterocycles. The van der Waals surface area contributed by atoms with E-state index >= 15 is 0 Å². The Kier molecular flexibility index (Phi) is 4.57. The minimum atomic E-state index is -0.609. The number of hydrogen-bond acceptors (Lipinski definition) is 3. The molecule has 1 N–H and O–H groups in total. The van der Waals surface area contributed by atoms with Crippen LogP contribution in [0.2, 0.25) is 0 Å². The topological polar surface area (TPSA) is 62.1 Å². The minimum absolute atomic E-state index is 0.233. The van der Waals surface area contributed by atoms with Crippen molar-refractivity contribution in [2.24, 2.45) is 0 Å². The van der Waals surface area contributed by atoms with E-state index in [4.69, 9.17) is 10.00 Å². The number of hydrogen-bond donors (Lipinski definition) is 1. The summed E-state index contributed by atoms with van der Waals surface area (Å²) in [7, 11) is 0. The molecule has 106 valence electrons. The number of para-hydroxylation sites is 1. The zero-order chi connectivity index (χ0) is 15.2. The van der Waals surface area contributed by atoms with Crippen LogP contribution in [0.5, 0.6) is 5.75 Å². The van der Waals surface area contributed by atoms with Crippen LogP contribution < -0.4 is 10.1 Å². The summed E-state index contributed by atoms with van der Waals surface area (Å²) in [5, 5.41) is 11.5. The molecule has 0 bridgehead atoms. The lowest BCUT2D eigenvalue weighted by molar-refractivity contribution is -0.122. The quantitative estimate of drug-likeness (QED) is 0.935. The molecule has 0 aliphatic carbocycles. The van der Waals surface area contributed by atoms with Gasteiger partial charge in [0.25, 0.3) is 5.91 Å². The molecule has 0 aliphatic rings. The molecule has 1 atom stereocenters. The molecule has 2 aromatic rings. The fraction of sp³-hybridized carbons (Fsp3) is 0.176. The summed E-state index contributed by atoms with van der Waals surface area (Å²) in [4.78, 5) is 12.1. The first-order valence-corrected chi connectivity index (χ1v) is 6.63. The molecule has 0 radical (unpaired) electrons. The molecule has 0 unspecified atom stereocenters. The van der Waals surface area contributed by atoms with Crippen LogP contribution in [0, 0.1) is 18.3 Å². The number of amides is 1. The zero-order valence-corrected chi connectivity index (χ0v) is 12.0. The van der Waals surface area contributed by atoms with Gasteiger partial charge in [-0.25, -0.2) is 0 Å². The Morgan fingerprint density at radius 2 is 1.86 bits per heavy atom. The summed E-state index contributed by atoms with van der Waals surface area (Å²) >= 11 is 0. The van der Waals surface area contributed by atoms with Gasteiger partial charge < -0.3 is 10.1 Å². The number of ether oxygens (including phenoxy) is 1. The molecule has 0 aliphatic heterocycles. The summed E-state index contributed by atoms with van der Waals surface area (Å²) in [5.74, 6) is 0.461. The molecular weight excluding hydrogens is 264 g/mol. The van der Waals surface area contributed by atoms with Crippen molar-refractivity contribution in [3.05, 3.63) is 59.7 Å². The van der Waals surface area contributed by atoms with Crippen LogP contribution in [-0.2, 0) is 4.79 Å². The Morgan fingerprint density at radius 1 is 1.19 bits per heavy atom. The highest BCUT2D eigenvalue weighted by Gasteiger charge is 2.15. The van der Waals surface area contributed by atoms with E-state index in [2.05, 4.69) is 5.32 Å². The van der Waals surface area contributed by atoms with Gasteiger partial charge in [-0.2, -0.15) is 5.26 Å². The summed E-state index contributed by atoms with van der Waals surface area (Å²) < 4.78 is 5.66. The predicted molar refractivity (Wildman–Crippen MR) is 81.1 cm³/mol. The Hall–Kier alpha value is -2.80. The number of aryl methyl sites for hydroxylation is 1. The largest absolute Gasteiger partial charge is 0.481 e. The van der Waals surface area contributed by atoms with E-state index in [1.807, 2.05) is 37.3 Å². The molecule has 0 spiro atoms. The summed E-state index contributed by atoms with van der Waals surface area (Å²) in [6.07, 6.45) is -0.609. The van der Waals surface area contributed by atoms with Crippen molar-refractivity contribution < 1.29 is 9.53 Å². The van der Waals surface area contributed by atoms with Gasteiger partial charge in [-0.05, 0) is 49.7 Å². The van der Waals surface area contributed by atoms with Gasteiger partial charge in [0, 0.05) is 5.69 Å². The summed E-state index contributed by atoms with van der Waals surface area (Å²) in [6, 6.07) is 16.3. The SMILES string of the molecule is Cc1ccccc1O[C@@H](C)C(=O)Nc1ccc(C#N)cc1. The maximum absolute atomic E-state index is 12.1. The average molecular weight is 280 g/mol. The van der Waals surface area contributed by atoms with Crippen LogP contribution in [0.25, 0.3) is 0 Å². The van der Waals surface area contributed by atoms with Gasteiger partial charge in [0.2, 0.25) is 0 Å². The maximum Gasteiger partial charge on any atom is 0.265 e. The van der Waals surface area contributed by atoms with Crippen molar-refractivity contribution in [3.8, 4) is 11.8 Å². The molecule has 0 fully saturated rings. The second kappa shape index (κ2) is 6.58. The smallest absolute Gasteiger partial charge is 0.265 e. The van der Waals surface area contributed by atoms with Crippen LogP contribution in [-0.4, -0.2) is 12.0 Å². The van der Waals surface area contributed by atoms with E-state index in [0.717, 1.165) is 5.56 Å². The zero-order valence-electron chi connectivity index (χ0n) is 12.0. The Bertz CT molecular complexity index is 672. The Labute approximate surface area is 124 Å². The Balaban J connectivity index is 1.99. The van der Waals surface area contributed by atoms with Crippen molar-refractivity contribution >= 4 is 11.6 Å². The first-order chi connectivity index (χ1) is 10.1. The van der Waals surface area contributed by atoms with E-state index in [9.17, 15) is 4.79 Å². The number of nitriles is 1. The number of rotatable bonds is 4. The van der Waals surface area contributed by atoms with Crippen LogP contribution in [0.15, 0.2) is 48.5 Å². The standard InChI is InChI=1S/C17H16N2O2/c1-12-5-3-4-6-16(12)21-13(2)17(20)19-15-9-7-14(11-18)8-10-15/h3-10,13H,1-2H3,(H,19,20)/t13-/m0/s1. The summed E-state index contributed by atoms with van der Waals surface area (Å²) in [5.41, 5.74) is 2.17. The molecular formula is C17H16N2O2. The third-order valence-corrected chi connectivity index (χ3v) is 3.05. The molecule has 1 amide bonds. The first-order valence-electron chi connectivity index (χ1n) is 6.63. The third-order valence-electron chi connectivity index (χ3n) is 3.05. The van der Waals surface area contributed by atoms with Crippen LogP contribution in [0.1, 0.15) is 18.1 Å².